The third-order valence-electron chi connectivity index (χ3n) is 6.25. The van der Waals surface area contributed by atoms with Crippen LogP contribution >= 0.6 is 11.3 Å². The lowest BCUT2D eigenvalue weighted by Crippen LogP contribution is -2.24. The molecular formula is C28H32FN3O4S. The number of halogens is 1. The van der Waals surface area contributed by atoms with Gasteiger partial charge in [0.05, 0.1) is 10.5 Å². The maximum absolute atomic E-state index is 14.0. The molecule has 37 heavy (non-hydrogen) atoms. The fourth-order valence-corrected chi connectivity index (χ4v) is 5.99. The summed E-state index contributed by atoms with van der Waals surface area (Å²) in [6, 6.07) is 6.47. The number of hydrogen-bond acceptors (Lipinski definition) is 5. The van der Waals surface area contributed by atoms with E-state index in [0.29, 0.717) is 52.2 Å². The fraction of sp³-hybridized carbons (Fsp3) is 0.357. The fourth-order valence-electron chi connectivity index (χ4n) is 4.67. The second-order valence-electron chi connectivity index (χ2n) is 9.94. The first-order chi connectivity index (χ1) is 17.3. The first-order valence-electron chi connectivity index (χ1n) is 12.1. The number of carbonyl (C=O) groups excluding carboxylic acids is 1. The topological polar surface area (TPSA) is 85.5 Å². The Morgan fingerprint density at radius 1 is 1.19 bits per heavy atom. The Kier molecular flexibility index (Phi) is 7.05. The molecule has 0 fully saturated rings. The van der Waals surface area contributed by atoms with E-state index in [1.165, 1.54) is 28.0 Å². The minimum atomic E-state index is -0.947. The molecule has 0 saturated heterocycles. The largest absolute Gasteiger partial charge is 0.455 e. The summed E-state index contributed by atoms with van der Waals surface area (Å²) in [5, 5.41) is 13.8. The van der Waals surface area contributed by atoms with Gasteiger partial charge in [0.25, 0.3) is 11.5 Å². The van der Waals surface area contributed by atoms with Crippen molar-refractivity contribution in [2.24, 2.45) is 7.05 Å². The third-order valence-corrected chi connectivity index (χ3v) is 7.40. The third kappa shape index (κ3) is 5.06. The van der Waals surface area contributed by atoms with Gasteiger partial charge in [-0.25, -0.2) is 4.39 Å². The molecule has 7 nitrogen and oxygen atoms in total. The number of carbonyl (C=O) groups is 1. The van der Waals surface area contributed by atoms with Crippen LogP contribution in [-0.2, 0) is 20.0 Å². The van der Waals surface area contributed by atoms with Gasteiger partial charge in [0.2, 0.25) is 0 Å². The zero-order valence-electron chi connectivity index (χ0n) is 22.2. The van der Waals surface area contributed by atoms with E-state index in [2.05, 4.69) is 5.32 Å². The molecule has 0 aliphatic heterocycles. The SMILES string of the molecule is CCn1c(C(=O)NC)cc2c(-c3sc(CC(C)(C)O)cc3Oc3c(C)cc(F)cc3C)cn(C)c(=O)c21. The van der Waals surface area contributed by atoms with Gasteiger partial charge in [0, 0.05) is 49.1 Å². The van der Waals surface area contributed by atoms with Crippen LogP contribution in [-0.4, -0.2) is 32.8 Å². The highest BCUT2D eigenvalue weighted by Gasteiger charge is 2.25. The van der Waals surface area contributed by atoms with E-state index in [1.807, 2.05) is 13.0 Å². The number of nitrogens with one attached hydrogen (secondary N) is 1. The molecule has 0 atom stereocenters. The first-order valence-corrected chi connectivity index (χ1v) is 12.9. The van der Waals surface area contributed by atoms with E-state index in [9.17, 15) is 19.1 Å². The van der Waals surface area contributed by atoms with Crippen LogP contribution in [0.2, 0.25) is 0 Å². The highest BCUT2D eigenvalue weighted by atomic mass is 32.1. The van der Waals surface area contributed by atoms with Crippen molar-refractivity contribution in [3.63, 3.8) is 0 Å². The minimum absolute atomic E-state index is 0.211. The van der Waals surface area contributed by atoms with Gasteiger partial charge in [-0.15, -0.1) is 11.3 Å². The summed E-state index contributed by atoms with van der Waals surface area (Å²) >= 11 is 1.46. The number of aliphatic hydroxyl groups is 1. The summed E-state index contributed by atoms with van der Waals surface area (Å²) in [4.78, 5) is 27.5. The first kappa shape index (κ1) is 26.6. The van der Waals surface area contributed by atoms with E-state index in [4.69, 9.17) is 4.74 Å². The van der Waals surface area contributed by atoms with Gasteiger partial charge < -0.3 is 24.3 Å². The summed E-state index contributed by atoms with van der Waals surface area (Å²) in [6.45, 7) is 9.38. The molecule has 4 aromatic rings. The predicted molar refractivity (Wildman–Crippen MR) is 146 cm³/mol. The molecule has 9 heteroatoms. The van der Waals surface area contributed by atoms with Gasteiger partial charge in [-0.05, 0) is 70.0 Å². The molecule has 0 radical (unpaired) electrons. The van der Waals surface area contributed by atoms with Gasteiger partial charge >= 0.3 is 0 Å². The van der Waals surface area contributed by atoms with Crippen LogP contribution in [0.3, 0.4) is 0 Å². The van der Waals surface area contributed by atoms with Crippen LogP contribution in [0.5, 0.6) is 11.5 Å². The summed E-state index contributed by atoms with van der Waals surface area (Å²) in [6.07, 6.45) is 2.14. The van der Waals surface area contributed by atoms with Crippen LogP contribution in [0, 0.1) is 19.7 Å². The normalized spacial score (nSPS) is 11.8. The second kappa shape index (κ2) is 9.79. The second-order valence-corrected chi connectivity index (χ2v) is 11.1. The van der Waals surface area contributed by atoms with Crippen LogP contribution in [0.25, 0.3) is 21.3 Å². The maximum Gasteiger partial charge on any atom is 0.274 e. The van der Waals surface area contributed by atoms with Crippen molar-refractivity contribution in [1.82, 2.24) is 14.5 Å². The van der Waals surface area contributed by atoms with E-state index in [-0.39, 0.29) is 17.3 Å². The van der Waals surface area contributed by atoms with Gasteiger partial charge in [0.15, 0.2) is 0 Å². The average molecular weight is 526 g/mol. The minimum Gasteiger partial charge on any atom is -0.455 e. The molecule has 196 valence electrons. The Balaban J connectivity index is 2.01. The lowest BCUT2D eigenvalue weighted by atomic mass is 10.0. The number of benzene rings is 1. The number of fused-ring (bicyclic) bond motifs is 1. The number of hydrogen-bond donors (Lipinski definition) is 2. The maximum atomic E-state index is 14.0. The Bertz CT molecular complexity index is 1550. The number of ether oxygens (including phenoxy) is 1. The van der Waals surface area contributed by atoms with E-state index < -0.39 is 5.60 Å². The predicted octanol–water partition coefficient (Wildman–Crippen LogP) is 5.31. The number of aromatic nitrogens is 2. The van der Waals surface area contributed by atoms with E-state index >= 15 is 0 Å². The molecule has 1 aromatic carbocycles. The Hall–Kier alpha value is -3.43. The Morgan fingerprint density at radius 3 is 2.41 bits per heavy atom. The van der Waals surface area contributed by atoms with Gasteiger partial charge in [-0.3, -0.25) is 9.59 Å². The molecule has 4 rings (SSSR count). The van der Waals surface area contributed by atoms with Crippen molar-refractivity contribution < 1.29 is 19.0 Å². The van der Waals surface area contributed by atoms with Crippen molar-refractivity contribution in [2.75, 3.05) is 7.05 Å². The molecule has 3 heterocycles. The number of nitrogens with zero attached hydrogens (tertiary/aromatic N) is 2. The number of rotatable bonds is 7. The quantitative estimate of drug-likeness (QED) is 0.343. The molecule has 2 N–H and O–H groups in total. The van der Waals surface area contributed by atoms with Crippen LogP contribution < -0.4 is 15.6 Å². The summed E-state index contributed by atoms with van der Waals surface area (Å²) < 4.78 is 23.6. The lowest BCUT2D eigenvalue weighted by molar-refractivity contribution is 0.0818. The van der Waals surface area contributed by atoms with Gasteiger partial charge in [-0.1, -0.05) is 0 Å². The highest BCUT2D eigenvalue weighted by molar-refractivity contribution is 7.16. The lowest BCUT2D eigenvalue weighted by Gasteiger charge is -2.15. The van der Waals surface area contributed by atoms with Crippen molar-refractivity contribution in [3.8, 4) is 21.9 Å². The van der Waals surface area contributed by atoms with Crippen molar-refractivity contribution in [2.45, 2.75) is 53.2 Å². The highest BCUT2D eigenvalue weighted by Crippen LogP contribution is 2.45. The smallest absolute Gasteiger partial charge is 0.274 e. The standard InChI is InChI=1S/C28H32FN3O4S/c1-8-32-21(26(33)30-6)12-19-20(14-31(7)27(34)23(19)32)25-22(11-18(37-25)13-28(4,5)35)36-24-15(2)9-17(29)10-16(24)3/h9-12,14,35H,8,13H2,1-7H3,(H,30,33). The Labute approximate surface area is 219 Å². The van der Waals surface area contributed by atoms with Crippen molar-refractivity contribution >= 4 is 28.1 Å². The molecule has 0 spiro atoms. The van der Waals surface area contributed by atoms with Crippen LogP contribution in [0.15, 0.2) is 35.3 Å². The number of amides is 1. The molecule has 0 bridgehead atoms. The van der Waals surface area contributed by atoms with Gasteiger partial charge in [-0.2, -0.15) is 0 Å². The van der Waals surface area contributed by atoms with E-state index in [1.54, 1.807) is 58.6 Å². The van der Waals surface area contributed by atoms with Crippen LogP contribution in [0.1, 0.15) is 47.3 Å². The number of pyridine rings is 1. The molecule has 1 amide bonds. The molecular weight excluding hydrogens is 493 g/mol. The Morgan fingerprint density at radius 2 is 1.84 bits per heavy atom. The van der Waals surface area contributed by atoms with Gasteiger partial charge in [0.1, 0.15) is 28.5 Å². The summed E-state index contributed by atoms with van der Waals surface area (Å²) in [5.74, 6) is 0.466. The van der Waals surface area contributed by atoms with E-state index in [0.717, 1.165) is 15.3 Å². The summed E-state index contributed by atoms with van der Waals surface area (Å²) in [7, 11) is 3.23. The molecule has 3 aromatic heterocycles. The van der Waals surface area contributed by atoms with Crippen molar-refractivity contribution in [3.05, 3.63) is 68.3 Å². The zero-order chi connectivity index (χ0) is 27.2. The van der Waals surface area contributed by atoms with Crippen LogP contribution in [0.4, 0.5) is 4.39 Å². The molecule has 0 aliphatic rings. The monoisotopic (exact) mass is 525 g/mol. The molecule has 0 unspecified atom stereocenters. The molecule has 0 saturated carbocycles. The number of aryl methyl sites for hydroxylation is 4. The number of thiophene rings is 1. The van der Waals surface area contributed by atoms with Crippen molar-refractivity contribution in [1.29, 1.82) is 0 Å². The average Bonchev–Trinajstić information content (AvgIpc) is 3.38. The zero-order valence-corrected chi connectivity index (χ0v) is 23.0. The summed E-state index contributed by atoms with van der Waals surface area (Å²) in [5.41, 5.74) is 1.71. The molecule has 0 aliphatic carbocycles.